The number of halogens is 1. The van der Waals surface area contributed by atoms with Crippen LogP contribution in [0.5, 0.6) is 17.2 Å². The van der Waals surface area contributed by atoms with E-state index in [0.717, 1.165) is 15.2 Å². The van der Waals surface area contributed by atoms with Gasteiger partial charge in [0.25, 0.3) is 5.91 Å². The number of nitrogens with one attached hydrogen (secondary N) is 1. The van der Waals surface area contributed by atoms with Gasteiger partial charge in [0, 0.05) is 6.07 Å². The number of hydrogen-bond acceptors (Lipinski definition) is 4. The number of methoxy groups -OCH3 is 3. The summed E-state index contributed by atoms with van der Waals surface area (Å²) in [6.45, 7) is 0. The minimum Gasteiger partial charge on any atom is -0.497 e. The molecule has 0 aromatic heterocycles. The van der Waals surface area contributed by atoms with Gasteiger partial charge in [-0.05, 0) is 44.9 Å². The second kappa shape index (κ2) is 7.66. The summed E-state index contributed by atoms with van der Waals surface area (Å²) in [5, 5.41) is 4.78. The van der Waals surface area contributed by atoms with Gasteiger partial charge >= 0.3 is 0 Å². The molecule has 0 saturated carbocycles. The van der Waals surface area contributed by atoms with Crippen molar-refractivity contribution in [2.45, 2.75) is 0 Å². The van der Waals surface area contributed by atoms with Gasteiger partial charge in [0.05, 0.1) is 37.1 Å². The van der Waals surface area contributed by atoms with Crippen LogP contribution >= 0.6 is 15.9 Å². The van der Waals surface area contributed by atoms with E-state index in [0.29, 0.717) is 28.5 Å². The van der Waals surface area contributed by atoms with Crippen LogP contribution in [0.1, 0.15) is 10.4 Å². The Morgan fingerprint density at radius 3 is 2.42 bits per heavy atom. The lowest BCUT2D eigenvalue weighted by Gasteiger charge is -2.15. The Hall–Kier alpha value is -2.73. The summed E-state index contributed by atoms with van der Waals surface area (Å²) < 4.78 is 16.8. The van der Waals surface area contributed by atoms with Gasteiger partial charge < -0.3 is 19.5 Å². The summed E-state index contributed by atoms with van der Waals surface area (Å²) in [6.07, 6.45) is 0. The van der Waals surface area contributed by atoms with Gasteiger partial charge in [0.15, 0.2) is 0 Å². The Morgan fingerprint density at radius 1 is 0.962 bits per heavy atom. The first-order valence-electron chi connectivity index (χ1n) is 7.87. The zero-order chi connectivity index (χ0) is 18.7. The third kappa shape index (κ3) is 3.32. The first-order valence-corrected chi connectivity index (χ1v) is 8.67. The van der Waals surface area contributed by atoms with Gasteiger partial charge in [0.1, 0.15) is 17.2 Å². The van der Waals surface area contributed by atoms with Crippen LogP contribution in [0, 0.1) is 0 Å². The summed E-state index contributed by atoms with van der Waals surface area (Å²) >= 11 is 3.55. The first-order chi connectivity index (χ1) is 12.6. The van der Waals surface area contributed by atoms with Crippen LogP contribution in [-0.2, 0) is 0 Å². The van der Waals surface area contributed by atoms with Crippen LogP contribution in [-0.4, -0.2) is 27.2 Å². The van der Waals surface area contributed by atoms with E-state index in [2.05, 4.69) is 21.2 Å². The maximum atomic E-state index is 12.9. The molecule has 0 bridgehead atoms. The van der Waals surface area contributed by atoms with E-state index in [9.17, 15) is 4.79 Å². The molecule has 1 N–H and O–H groups in total. The Bertz CT molecular complexity index is 971. The van der Waals surface area contributed by atoms with Gasteiger partial charge in [-0.25, -0.2) is 0 Å². The van der Waals surface area contributed by atoms with Crippen molar-refractivity contribution in [3.05, 3.63) is 58.6 Å². The van der Waals surface area contributed by atoms with Crippen molar-refractivity contribution in [1.29, 1.82) is 0 Å². The smallest absolute Gasteiger partial charge is 0.259 e. The summed E-state index contributed by atoms with van der Waals surface area (Å²) in [6, 6.07) is 14.8. The van der Waals surface area contributed by atoms with Gasteiger partial charge in [-0.2, -0.15) is 0 Å². The molecule has 134 valence electrons. The molecule has 1 amide bonds. The SMILES string of the molecule is COc1ccc(OC)c(NC(=O)c2cc3ccccc3c(Br)c2OC)c1. The number of carbonyl (C=O) groups excluding carboxylic acids is 1. The predicted molar refractivity (Wildman–Crippen MR) is 106 cm³/mol. The van der Waals surface area contributed by atoms with Crippen molar-refractivity contribution in [3.63, 3.8) is 0 Å². The normalized spacial score (nSPS) is 10.5. The van der Waals surface area contributed by atoms with Crippen molar-refractivity contribution in [1.82, 2.24) is 0 Å². The second-order valence-corrected chi connectivity index (χ2v) is 6.31. The van der Waals surface area contributed by atoms with E-state index in [1.807, 2.05) is 24.3 Å². The first kappa shape index (κ1) is 18.1. The molecule has 0 unspecified atom stereocenters. The predicted octanol–water partition coefficient (Wildman–Crippen LogP) is 4.88. The van der Waals surface area contributed by atoms with E-state index < -0.39 is 0 Å². The van der Waals surface area contributed by atoms with Crippen molar-refractivity contribution in [2.75, 3.05) is 26.6 Å². The topological polar surface area (TPSA) is 56.8 Å². The van der Waals surface area contributed by atoms with E-state index in [1.54, 1.807) is 38.5 Å². The highest BCUT2D eigenvalue weighted by atomic mass is 79.9. The number of carbonyl (C=O) groups is 1. The number of rotatable bonds is 5. The summed E-state index contributed by atoms with van der Waals surface area (Å²) in [4.78, 5) is 12.9. The summed E-state index contributed by atoms with van der Waals surface area (Å²) in [5.41, 5.74) is 0.936. The van der Waals surface area contributed by atoms with E-state index >= 15 is 0 Å². The minimum absolute atomic E-state index is 0.306. The highest BCUT2D eigenvalue weighted by molar-refractivity contribution is 9.10. The highest BCUT2D eigenvalue weighted by Crippen LogP contribution is 2.37. The van der Waals surface area contributed by atoms with Crippen molar-refractivity contribution in [3.8, 4) is 17.2 Å². The van der Waals surface area contributed by atoms with Gasteiger partial charge in [-0.3, -0.25) is 4.79 Å². The molecule has 0 fully saturated rings. The number of fused-ring (bicyclic) bond motifs is 1. The fourth-order valence-corrected chi connectivity index (χ4v) is 3.49. The maximum Gasteiger partial charge on any atom is 0.259 e. The lowest BCUT2D eigenvalue weighted by Crippen LogP contribution is -2.14. The molecule has 26 heavy (non-hydrogen) atoms. The molecule has 0 atom stereocenters. The molecule has 6 heteroatoms. The second-order valence-electron chi connectivity index (χ2n) is 5.51. The Labute approximate surface area is 160 Å². The molecule has 0 aliphatic rings. The Balaban J connectivity index is 2.06. The average Bonchev–Trinajstić information content (AvgIpc) is 2.67. The lowest BCUT2D eigenvalue weighted by atomic mass is 10.0. The number of benzene rings is 3. The van der Waals surface area contributed by atoms with Gasteiger partial charge in [0.2, 0.25) is 0 Å². The molecule has 3 rings (SSSR count). The monoisotopic (exact) mass is 415 g/mol. The Morgan fingerprint density at radius 2 is 1.73 bits per heavy atom. The molecule has 0 radical (unpaired) electrons. The average molecular weight is 416 g/mol. The molecule has 0 aliphatic heterocycles. The van der Waals surface area contributed by atoms with E-state index in [4.69, 9.17) is 14.2 Å². The molecular weight excluding hydrogens is 398 g/mol. The number of ether oxygens (including phenoxy) is 3. The fraction of sp³-hybridized carbons (Fsp3) is 0.150. The van der Waals surface area contributed by atoms with Crippen LogP contribution in [0.3, 0.4) is 0 Å². The minimum atomic E-state index is -0.306. The molecule has 0 aliphatic carbocycles. The molecular formula is C20H18BrNO4. The molecule has 0 heterocycles. The van der Waals surface area contributed by atoms with Gasteiger partial charge in [-0.1, -0.05) is 24.3 Å². The van der Waals surface area contributed by atoms with Crippen LogP contribution in [0.25, 0.3) is 10.8 Å². The molecule has 3 aromatic carbocycles. The standard InChI is InChI=1S/C20H18BrNO4/c1-24-13-8-9-17(25-2)16(11-13)22-20(23)15-10-12-6-4-5-7-14(12)18(21)19(15)26-3/h4-11H,1-3H3,(H,22,23). The third-order valence-electron chi connectivity index (χ3n) is 4.04. The van der Waals surface area contributed by atoms with E-state index in [-0.39, 0.29) is 5.91 Å². The fourth-order valence-electron chi connectivity index (χ4n) is 2.75. The molecule has 3 aromatic rings. The highest BCUT2D eigenvalue weighted by Gasteiger charge is 2.19. The lowest BCUT2D eigenvalue weighted by molar-refractivity contribution is 0.102. The van der Waals surface area contributed by atoms with E-state index in [1.165, 1.54) is 7.11 Å². The van der Waals surface area contributed by atoms with Crippen LogP contribution in [0.15, 0.2) is 53.0 Å². The van der Waals surface area contributed by atoms with Crippen molar-refractivity contribution >= 4 is 38.3 Å². The number of amides is 1. The van der Waals surface area contributed by atoms with Crippen LogP contribution in [0.4, 0.5) is 5.69 Å². The van der Waals surface area contributed by atoms with Crippen LogP contribution in [0.2, 0.25) is 0 Å². The summed E-state index contributed by atoms with van der Waals surface area (Å²) in [7, 11) is 4.65. The van der Waals surface area contributed by atoms with Crippen molar-refractivity contribution < 1.29 is 19.0 Å². The maximum absolute atomic E-state index is 12.9. The van der Waals surface area contributed by atoms with Crippen LogP contribution < -0.4 is 19.5 Å². The summed E-state index contributed by atoms with van der Waals surface area (Å²) in [5.74, 6) is 1.33. The Kier molecular flexibility index (Phi) is 5.32. The largest absolute Gasteiger partial charge is 0.497 e. The quantitative estimate of drug-likeness (QED) is 0.644. The molecule has 0 spiro atoms. The number of anilines is 1. The molecule has 0 saturated heterocycles. The zero-order valence-electron chi connectivity index (χ0n) is 14.6. The van der Waals surface area contributed by atoms with Gasteiger partial charge in [-0.15, -0.1) is 0 Å². The van der Waals surface area contributed by atoms with Crippen molar-refractivity contribution in [2.24, 2.45) is 0 Å². The number of hydrogen-bond donors (Lipinski definition) is 1. The third-order valence-corrected chi connectivity index (χ3v) is 4.83. The molecule has 5 nitrogen and oxygen atoms in total. The zero-order valence-corrected chi connectivity index (χ0v) is 16.2.